The van der Waals surface area contributed by atoms with E-state index in [4.69, 9.17) is 4.74 Å². The number of hydrogen-bond acceptors (Lipinski definition) is 3. The highest BCUT2D eigenvalue weighted by Crippen LogP contribution is 2.13. The lowest BCUT2D eigenvalue weighted by Gasteiger charge is -2.14. The van der Waals surface area contributed by atoms with Crippen molar-refractivity contribution in [1.29, 1.82) is 0 Å². The summed E-state index contributed by atoms with van der Waals surface area (Å²) in [5.41, 5.74) is 2.30. The van der Waals surface area contributed by atoms with E-state index in [1.54, 1.807) is 19.6 Å². The minimum absolute atomic E-state index is 0. The van der Waals surface area contributed by atoms with Crippen molar-refractivity contribution in [3.8, 4) is 5.69 Å². The van der Waals surface area contributed by atoms with Gasteiger partial charge in [0.05, 0.1) is 12.0 Å². The number of guanidine groups is 1. The molecule has 7 heteroatoms. The summed E-state index contributed by atoms with van der Waals surface area (Å²) in [6, 6.07) is 8.25. The van der Waals surface area contributed by atoms with Crippen LogP contribution >= 0.6 is 24.0 Å². The topological polar surface area (TPSA) is 63.5 Å². The van der Waals surface area contributed by atoms with Gasteiger partial charge in [-0.3, -0.25) is 4.99 Å². The van der Waals surface area contributed by atoms with Crippen LogP contribution in [0.4, 0.5) is 0 Å². The number of aromatic nitrogens is 2. The molecule has 0 radical (unpaired) electrons. The highest BCUT2D eigenvalue weighted by Gasteiger charge is 2.04. The summed E-state index contributed by atoms with van der Waals surface area (Å²) in [4.78, 5) is 8.36. The first-order valence-electron chi connectivity index (χ1n) is 7.93. The van der Waals surface area contributed by atoms with Crippen molar-refractivity contribution in [2.45, 2.75) is 19.9 Å². The maximum Gasteiger partial charge on any atom is 0.191 e. The molecule has 1 aromatic heterocycles. The van der Waals surface area contributed by atoms with E-state index in [9.17, 15) is 0 Å². The minimum Gasteiger partial charge on any atom is -0.382 e. The molecule has 0 spiro atoms. The Morgan fingerprint density at radius 1 is 1.29 bits per heavy atom. The molecule has 0 saturated heterocycles. The predicted octanol–water partition coefficient (Wildman–Crippen LogP) is 2.58. The number of para-hydroxylation sites is 1. The van der Waals surface area contributed by atoms with Crippen LogP contribution in [-0.2, 0) is 11.3 Å². The lowest BCUT2D eigenvalue weighted by atomic mass is 10.1. The molecule has 0 unspecified atom stereocenters. The molecule has 0 fully saturated rings. The first-order chi connectivity index (χ1) is 11.3. The highest BCUT2D eigenvalue weighted by atomic mass is 127. The first kappa shape index (κ1) is 20.4. The van der Waals surface area contributed by atoms with Crippen LogP contribution < -0.4 is 10.6 Å². The van der Waals surface area contributed by atoms with Gasteiger partial charge in [-0.15, -0.1) is 24.0 Å². The molecule has 24 heavy (non-hydrogen) atoms. The Labute approximate surface area is 160 Å². The van der Waals surface area contributed by atoms with E-state index in [2.05, 4.69) is 32.7 Å². The molecular weight excluding hydrogens is 417 g/mol. The quantitative estimate of drug-likeness (QED) is 0.285. The SMILES string of the molecule is CCOCCCNC(=NC)NCc1ccccc1-n1ccnc1.I. The van der Waals surface area contributed by atoms with E-state index >= 15 is 0 Å². The normalized spacial score (nSPS) is 11.0. The van der Waals surface area contributed by atoms with Gasteiger partial charge in [0.15, 0.2) is 5.96 Å². The molecule has 6 nitrogen and oxygen atoms in total. The largest absolute Gasteiger partial charge is 0.382 e. The first-order valence-corrected chi connectivity index (χ1v) is 7.93. The number of imidazole rings is 1. The van der Waals surface area contributed by atoms with Gasteiger partial charge in [-0.1, -0.05) is 18.2 Å². The number of rotatable bonds is 8. The standard InChI is InChI=1S/C17H25N5O.HI/c1-3-23-12-6-9-20-17(18-2)21-13-15-7-4-5-8-16(15)22-11-10-19-14-22;/h4-5,7-8,10-11,14H,3,6,9,12-13H2,1-2H3,(H2,18,20,21);1H. The van der Waals surface area contributed by atoms with Crippen LogP contribution in [0, 0.1) is 0 Å². The third-order valence-corrected chi connectivity index (χ3v) is 3.41. The van der Waals surface area contributed by atoms with Crippen molar-refractivity contribution < 1.29 is 4.74 Å². The van der Waals surface area contributed by atoms with E-state index in [1.165, 1.54) is 5.56 Å². The summed E-state index contributed by atoms with van der Waals surface area (Å²) in [6.45, 7) is 5.07. The third-order valence-electron chi connectivity index (χ3n) is 3.41. The van der Waals surface area contributed by atoms with Crippen molar-refractivity contribution >= 4 is 29.9 Å². The van der Waals surface area contributed by atoms with Crippen LogP contribution in [0.5, 0.6) is 0 Å². The van der Waals surface area contributed by atoms with Gasteiger partial charge in [0.2, 0.25) is 0 Å². The molecule has 0 aliphatic heterocycles. The third kappa shape index (κ3) is 6.48. The molecule has 2 rings (SSSR count). The van der Waals surface area contributed by atoms with Crippen LogP contribution in [0.15, 0.2) is 48.0 Å². The summed E-state index contributed by atoms with van der Waals surface area (Å²) in [5.74, 6) is 0.793. The van der Waals surface area contributed by atoms with Crippen molar-refractivity contribution in [2.75, 3.05) is 26.8 Å². The van der Waals surface area contributed by atoms with Gasteiger partial charge in [0, 0.05) is 45.7 Å². The molecule has 0 atom stereocenters. The Balaban J connectivity index is 0.00000288. The molecule has 1 aromatic carbocycles. The number of nitrogens with one attached hydrogen (secondary N) is 2. The Bertz CT molecular complexity index is 601. The Morgan fingerprint density at radius 3 is 2.83 bits per heavy atom. The van der Waals surface area contributed by atoms with Gasteiger partial charge >= 0.3 is 0 Å². The zero-order valence-corrected chi connectivity index (χ0v) is 16.6. The van der Waals surface area contributed by atoms with Crippen molar-refractivity contribution in [3.05, 3.63) is 48.5 Å². The summed E-state index contributed by atoms with van der Waals surface area (Å²) in [5, 5.41) is 6.64. The van der Waals surface area contributed by atoms with Crippen LogP contribution in [-0.4, -0.2) is 42.3 Å². The van der Waals surface area contributed by atoms with Crippen molar-refractivity contribution in [2.24, 2.45) is 4.99 Å². The molecule has 2 aromatic rings. The number of aliphatic imine (C=N–C) groups is 1. The van der Waals surface area contributed by atoms with Crippen LogP contribution in [0.25, 0.3) is 5.69 Å². The number of ether oxygens (including phenoxy) is 1. The van der Waals surface area contributed by atoms with Gasteiger partial charge < -0.3 is 19.9 Å². The summed E-state index contributed by atoms with van der Waals surface area (Å²) in [6.07, 6.45) is 6.49. The number of nitrogens with zero attached hydrogens (tertiary/aromatic N) is 3. The van der Waals surface area contributed by atoms with E-state index in [1.807, 2.05) is 29.8 Å². The molecule has 0 aliphatic rings. The summed E-state index contributed by atoms with van der Waals surface area (Å²) >= 11 is 0. The van der Waals surface area contributed by atoms with Gasteiger partial charge in [-0.05, 0) is 25.0 Å². The fraction of sp³-hybridized carbons (Fsp3) is 0.412. The fourth-order valence-corrected chi connectivity index (χ4v) is 2.24. The molecule has 2 N–H and O–H groups in total. The lowest BCUT2D eigenvalue weighted by Crippen LogP contribution is -2.37. The second kappa shape index (κ2) is 11.9. The second-order valence-electron chi connectivity index (χ2n) is 5.00. The zero-order chi connectivity index (χ0) is 16.3. The number of hydrogen-bond donors (Lipinski definition) is 2. The monoisotopic (exact) mass is 443 g/mol. The average Bonchev–Trinajstić information content (AvgIpc) is 3.12. The maximum absolute atomic E-state index is 5.33. The molecule has 0 bridgehead atoms. The van der Waals surface area contributed by atoms with Gasteiger partial charge in [-0.2, -0.15) is 0 Å². The number of halogens is 1. The summed E-state index contributed by atoms with van der Waals surface area (Å²) in [7, 11) is 1.78. The van der Waals surface area contributed by atoms with Crippen LogP contribution in [0.3, 0.4) is 0 Å². The van der Waals surface area contributed by atoms with Crippen molar-refractivity contribution in [1.82, 2.24) is 20.2 Å². The minimum atomic E-state index is 0. The predicted molar refractivity (Wildman–Crippen MR) is 108 cm³/mol. The van der Waals surface area contributed by atoms with Crippen LogP contribution in [0.2, 0.25) is 0 Å². The molecular formula is C17H26IN5O. The summed E-state index contributed by atoms with van der Waals surface area (Å²) < 4.78 is 7.34. The van der Waals surface area contributed by atoms with Crippen LogP contribution in [0.1, 0.15) is 18.9 Å². The Morgan fingerprint density at radius 2 is 2.12 bits per heavy atom. The molecule has 0 saturated carbocycles. The maximum atomic E-state index is 5.33. The number of benzene rings is 1. The zero-order valence-electron chi connectivity index (χ0n) is 14.2. The second-order valence-corrected chi connectivity index (χ2v) is 5.00. The Hall–Kier alpha value is -1.61. The van der Waals surface area contributed by atoms with E-state index < -0.39 is 0 Å². The highest BCUT2D eigenvalue weighted by molar-refractivity contribution is 14.0. The van der Waals surface area contributed by atoms with Gasteiger partial charge in [0.1, 0.15) is 0 Å². The molecule has 0 amide bonds. The van der Waals surface area contributed by atoms with Gasteiger partial charge in [-0.25, -0.2) is 4.98 Å². The van der Waals surface area contributed by atoms with E-state index in [0.29, 0.717) is 6.54 Å². The molecule has 1 heterocycles. The fourth-order valence-electron chi connectivity index (χ4n) is 2.24. The lowest BCUT2D eigenvalue weighted by molar-refractivity contribution is 0.145. The van der Waals surface area contributed by atoms with Crippen molar-refractivity contribution in [3.63, 3.8) is 0 Å². The smallest absolute Gasteiger partial charge is 0.191 e. The molecule has 132 valence electrons. The average molecular weight is 443 g/mol. The molecule has 0 aliphatic carbocycles. The van der Waals surface area contributed by atoms with E-state index in [-0.39, 0.29) is 24.0 Å². The Kier molecular flexibility index (Phi) is 10.1. The van der Waals surface area contributed by atoms with Gasteiger partial charge in [0.25, 0.3) is 0 Å². The van der Waals surface area contributed by atoms with E-state index in [0.717, 1.165) is 37.8 Å².